The maximum Gasteiger partial charge on any atom is 0.222 e. The molecule has 0 aromatic heterocycles. The molecule has 2 rings (SSSR count). The number of likely N-dealkylation sites (N-methyl/N-ethyl adjacent to an activating group) is 1. The number of hydrogen-bond donors (Lipinski definition) is 1. The smallest absolute Gasteiger partial charge is 0.222 e. The van der Waals surface area contributed by atoms with E-state index in [1.165, 1.54) is 11.4 Å². The third kappa shape index (κ3) is 1.21. The summed E-state index contributed by atoms with van der Waals surface area (Å²) in [5, 5.41) is 3.09. The minimum Gasteiger partial charge on any atom is -0.314 e. The van der Waals surface area contributed by atoms with E-state index in [1.807, 2.05) is 0 Å². The van der Waals surface area contributed by atoms with Gasteiger partial charge in [0.2, 0.25) is 10.0 Å². The standard InChI is InChI=1S/C8H14N2O3S/c1-10-8(3-2-4-9-6-8)7(11)5-14(10,12)13/h9H,2-6H2,1H3. The van der Waals surface area contributed by atoms with Gasteiger partial charge in [-0.3, -0.25) is 4.79 Å². The van der Waals surface area contributed by atoms with Gasteiger partial charge in [-0.05, 0) is 19.4 Å². The van der Waals surface area contributed by atoms with E-state index in [2.05, 4.69) is 5.32 Å². The summed E-state index contributed by atoms with van der Waals surface area (Å²) in [6.07, 6.45) is 1.50. The molecule has 5 nitrogen and oxygen atoms in total. The molecule has 1 N–H and O–H groups in total. The van der Waals surface area contributed by atoms with Gasteiger partial charge >= 0.3 is 0 Å². The number of hydrogen-bond acceptors (Lipinski definition) is 4. The Morgan fingerprint density at radius 2 is 2.21 bits per heavy atom. The lowest BCUT2D eigenvalue weighted by molar-refractivity contribution is -0.124. The van der Waals surface area contributed by atoms with Crippen LogP contribution in [0.25, 0.3) is 0 Å². The van der Waals surface area contributed by atoms with Gasteiger partial charge in [-0.25, -0.2) is 8.42 Å². The molecule has 2 heterocycles. The van der Waals surface area contributed by atoms with Crippen molar-refractivity contribution < 1.29 is 13.2 Å². The Morgan fingerprint density at radius 3 is 2.64 bits per heavy atom. The average molecular weight is 218 g/mol. The van der Waals surface area contributed by atoms with Gasteiger partial charge in [0.05, 0.1) is 0 Å². The number of sulfonamides is 1. The molecular formula is C8H14N2O3S. The molecule has 2 aliphatic heterocycles. The zero-order valence-corrected chi connectivity index (χ0v) is 8.93. The fraction of sp³-hybridized carbons (Fsp3) is 0.875. The van der Waals surface area contributed by atoms with Gasteiger partial charge in [-0.15, -0.1) is 0 Å². The summed E-state index contributed by atoms with van der Waals surface area (Å²) in [6, 6.07) is 0. The van der Waals surface area contributed by atoms with Gasteiger partial charge in [-0.2, -0.15) is 4.31 Å². The number of nitrogens with one attached hydrogen (secondary N) is 1. The van der Waals surface area contributed by atoms with Crippen molar-refractivity contribution in [3.8, 4) is 0 Å². The normalized spacial score (nSPS) is 37.9. The van der Waals surface area contributed by atoms with Crippen molar-refractivity contribution in [2.24, 2.45) is 0 Å². The second-order valence-corrected chi connectivity index (χ2v) is 5.96. The molecule has 0 aliphatic carbocycles. The van der Waals surface area contributed by atoms with Crippen LogP contribution < -0.4 is 5.32 Å². The van der Waals surface area contributed by atoms with Crippen LogP contribution in [0.3, 0.4) is 0 Å². The van der Waals surface area contributed by atoms with E-state index in [1.54, 1.807) is 0 Å². The van der Waals surface area contributed by atoms with Gasteiger partial charge in [0.15, 0.2) is 5.78 Å². The van der Waals surface area contributed by atoms with E-state index in [-0.39, 0.29) is 11.5 Å². The maximum absolute atomic E-state index is 11.7. The monoisotopic (exact) mass is 218 g/mol. The van der Waals surface area contributed by atoms with Crippen LogP contribution in [0.15, 0.2) is 0 Å². The molecule has 80 valence electrons. The van der Waals surface area contributed by atoms with Crippen molar-refractivity contribution in [1.29, 1.82) is 0 Å². The highest BCUT2D eigenvalue weighted by molar-refractivity contribution is 7.90. The van der Waals surface area contributed by atoms with Crippen molar-refractivity contribution in [3.05, 3.63) is 0 Å². The number of rotatable bonds is 0. The molecule has 0 amide bonds. The first-order chi connectivity index (χ1) is 6.49. The summed E-state index contributed by atoms with van der Waals surface area (Å²) < 4.78 is 24.3. The van der Waals surface area contributed by atoms with Crippen LogP contribution in [-0.2, 0) is 14.8 Å². The largest absolute Gasteiger partial charge is 0.314 e. The first kappa shape index (κ1) is 10.1. The van der Waals surface area contributed by atoms with Crippen LogP contribution >= 0.6 is 0 Å². The van der Waals surface area contributed by atoms with Crippen molar-refractivity contribution >= 4 is 15.8 Å². The van der Waals surface area contributed by atoms with E-state index < -0.39 is 15.6 Å². The maximum atomic E-state index is 11.7. The molecule has 1 unspecified atom stereocenters. The summed E-state index contributed by atoms with van der Waals surface area (Å²) in [7, 11) is -1.83. The molecule has 2 fully saturated rings. The molecule has 0 aromatic carbocycles. The summed E-state index contributed by atoms with van der Waals surface area (Å²) >= 11 is 0. The first-order valence-corrected chi connectivity index (χ1v) is 6.31. The number of nitrogens with zero attached hydrogens (tertiary/aromatic N) is 1. The molecule has 0 saturated carbocycles. The van der Waals surface area contributed by atoms with Crippen molar-refractivity contribution in [2.75, 3.05) is 25.9 Å². The van der Waals surface area contributed by atoms with Gasteiger partial charge in [-0.1, -0.05) is 0 Å². The molecule has 2 aliphatic rings. The van der Waals surface area contributed by atoms with Crippen LogP contribution in [-0.4, -0.2) is 49.9 Å². The summed E-state index contributed by atoms with van der Waals surface area (Å²) in [6.45, 7) is 1.32. The number of ketones is 1. The van der Waals surface area contributed by atoms with Crippen LogP contribution in [0, 0.1) is 0 Å². The fourth-order valence-electron chi connectivity index (χ4n) is 2.23. The first-order valence-electron chi connectivity index (χ1n) is 4.70. The van der Waals surface area contributed by atoms with E-state index in [0.29, 0.717) is 13.0 Å². The fourth-order valence-corrected chi connectivity index (χ4v) is 3.82. The Morgan fingerprint density at radius 1 is 1.50 bits per heavy atom. The highest BCUT2D eigenvalue weighted by atomic mass is 32.2. The van der Waals surface area contributed by atoms with Crippen LogP contribution in [0.1, 0.15) is 12.8 Å². The minimum absolute atomic E-state index is 0.160. The SMILES string of the molecule is CN1C2(CCCNC2)C(=O)CS1(=O)=O. The topological polar surface area (TPSA) is 66.5 Å². The zero-order chi connectivity index (χ0) is 10.4. The third-order valence-corrected chi connectivity index (χ3v) is 5.02. The van der Waals surface area contributed by atoms with Crippen LogP contribution in [0.2, 0.25) is 0 Å². The van der Waals surface area contributed by atoms with E-state index in [9.17, 15) is 13.2 Å². The molecule has 2 saturated heterocycles. The van der Waals surface area contributed by atoms with Gasteiger partial charge < -0.3 is 5.32 Å². The predicted molar refractivity (Wildman–Crippen MR) is 51.4 cm³/mol. The minimum atomic E-state index is -3.34. The molecule has 1 spiro atoms. The van der Waals surface area contributed by atoms with Gasteiger partial charge in [0.1, 0.15) is 11.3 Å². The van der Waals surface area contributed by atoms with Crippen LogP contribution in [0.4, 0.5) is 0 Å². The highest BCUT2D eigenvalue weighted by Crippen LogP contribution is 2.32. The predicted octanol–water partition coefficient (Wildman–Crippen LogP) is -1.05. The lowest BCUT2D eigenvalue weighted by atomic mass is 9.87. The molecule has 0 aromatic rings. The Kier molecular flexibility index (Phi) is 2.17. The summed E-state index contributed by atoms with van der Waals surface area (Å²) in [4.78, 5) is 11.7. The molecule has 0 radical (unpaired) electrons. The zero-order valence-electron chi connectivity index (χ0n) is 8.12. The number of carbonyl (C=O) groups is 1. The third-order valence-electron chi connectivity index (χ3n) is 3.21. The molecular weight excluding hydrogens is 204 g/mol. The van der Waals surface area contributed by atoms with Crippen molar-refractivity contribution in [3.63, 3.8) is 0 Å². The Hall–Kier alpha value is -0.460. The quantitative estimate of drug-likeness (QED) is 0.563. The van der Waals surface area contributed by atoms with E-state index >= 15 is 0 Å². The van der Waals surface area contributed by atoms with Crippen molar-refractivity contribution in [1.82, 2.24) is 9.62 Å². The lowest BCUT2D eigenvalue weighted by Gasteiger charge is -2.36. The second kappa shape index (κ2) is 3.01. The lowest BCUT2D eigenvalue weighted by Crippen LogP contribution is -2.57. The summed E-state index contributed by atoms with van der Waals surface area (Å²) in [5.41, 5.74) is -0.781. The second-order valence-electron chi connectivity index (χ2n) is 3.96. The number of carbonyl (C=O) groups excluding carboxylic acids is 1. The number of piperidine rings is 1. The molecule has 1 atom stereocenters. The Labute approximate surface area is 83.5 Å². The van der Waals surface area contributed by atoms with E-state index in [0.717, 1.165) is 13.0 Å². The molecule has 14 heavy (non-hydrogen) atoms. The van der Waals surface area contributed by atoms with Gasteiger partial charge in [0.25, 0.3) is 0 Å². The summed E-state index contributed by atoms with van der Waals surface area (Å²) in [5.74, 6) is -0.488. The number of Topliss-reactive ketones (excluding diaryl/α,β-unsaturated/α-hetero) is 1. The van der Waals surface area contributed by atoms with Crippen LogP contribution in [0.5, 0.6) is 0 Å². The highest BCUT2D eigenvalue weighted by Gasteiger charge is 2.54. The molecule has 6 heteroatoms. The van der Waals surface area contributed by atoms with Crippen molar-refractivity contribution in [2.45, 2.75) is 18.4 Å². The Bertz CT molecular complexity index is 357. The Balaban J connectivity index is 2.39. The average Bonchev–Trinajstić information content (AvgIpc) is 2.30. The van der Waals surface area contributed by atoms with Gasteiger partial charge in [0, 0.05) is 13.6 Å². The molecule has 0 bridgehead atoms. The van der Waals surface area contributed by atoms with E-state index in [4.69, 9.17) is 0 Å².